The number of hydrogen-bond donors (Lipinski definition) is 0. The van der Waals surface area contributed by atoms with E-state index in [1.54, 1.807) is 22.9 Å². The number of nitrogens with zero attached hydrogens (tertiary/aromatic N) is 3. The zero-order chi connectivity index (χ0) is 17.1. The van der Waals surface area contributed by atoms with E-state index in [1.807, 2.05) is 6.92 Å². The molecule has 2 aromatic carbocycles. The summed E-state index contributed by atoms with van der Waals surface area (Å²) in [5.41, 5.74) is 2.25. The van der Waals surface area contributed by atoms with Crippen LogP contribution in [-0.4, -0.2) is 34.0 Å². The summed E-state index contributed by atoms with van der Waals surface area (Å²) in [5, 5.41) is 8.04. The van der Waals surface area contributed by atoms with Gasteiger partial charge in [0.05, 0.1) is 23.8 Å². The van der Waals surface area contributed by atoms with E-state index < -0.39 is 11.9 Å². The molecule has 0 unspecified atom stereocenters. The van der Waals surface area contributed by atoms with Crippen LogP contribution in [0.4, 0.5) is 0 Å². The van der Waals surface area contributed by atoms with Crippen molar-refractivity contribution in [1.29, 1.82) is 0 Å². The van der Waals surface area contributed by atoms with Gasteiger partial charge in [-0.1, -0.05) is 5.21 Å². The van der Waals surface area contributed by atoms with Crippen molar-refractivity contribution >= 4 is 23.0 Å². The zero-order valence-corrected chi connectivity index (χ0v) is 13.2. The Morgan fingerprint density at radius 2 is 1.75 bits per heavy atom. The number of carbonyl (C=O) groups is 2. The first-order valence-electron chi connectivity index (χ1n) is 7.36. The lowest BCUT2D eigenvalue weighted by Crippen LogP contribution is -2.09. The number of rotatable bonds is 4. The lowest BCUT2D eigenvalue weighted by atomic mass is 10.2. The molecule has 7 nitrogen and oxygen atoms in total. The summed E-state index contributed by atoms with van der Waals surface area (Å²) in [7, 11) is 1.31. The van der Waals surface area contributed by atoms with Crippen LogP contribution in [0.3, 0.4) is 0 Å². The van der Waals surface area contributed by atoms with E-state index >= 15 is 0 Å². The molecular formula is C17H15N3O4. The molecule has 0 fully saturated rings. The third-order valence-electron chi connectivity index (χ3n) is 3.54. The highest BCUT2D eigenvalue weighted by Crippen LogP contribution is 2.17. The summed E-state index contributed by atoms with van der Waals surface area (Å²) < 4.78 is 11.7. The number of aromatic nitrogens is 3. The normalized spacial score (nSPS) is 10.6. The predicted molar refractivity (Wildman–Crippen MR) is 85.9 cm³/mol. The second kappa shape index (κ2) is 6.49. The molecule has 0 aliphatic rings. The van der Waals surface area contributed by atoms with E-state index in [0.29, 0.717) is 28.9 Å². The average molecular weight is 325 g/mol. The van der Waals surface area contributed by atoms with Gasteiger partial charge < -0.3 is 9.47 Å². The van der Waals surface area contributed by atoms with Crippen LogP contribution in [-0.2, 0) is 11.3 Å². The van der Waals surface area contributed by atoms with Crippen molar-refractivity contribution in [3.05, 3.63) is 53.6 Å². The minimum absolute atomic E-state index is 0.338. The van der Waals surface area contributed by atoms with E-state index in [4.69, 9.17) is 4.74 Å². The van der Waals surface area contributed by atoms with Gasteiger partial charge in [-0.15, -0.1) is 5.10 Å². The van der Waals surface area contributed by atoms with E-state index in [1.165, 1.54) is 31.4 Å². The third-order valence-corrected chi connectivity index (χ3v) is 3.54. The minimum Gasteiger partial charge on any atom is -0.465 e. The topological polar surface area (TPSA) is 83.3 Å². The van der Waals surface area contributed by atoms with Crippen molar-refractivity contribution in [3.63, 3.8) is 0 Å². The maximum Gasteiger partial charge on any atom is 0.343 e. The second-order valence-electron chi connectivity index (χ2n) is 5.01. The quantitative estimate of drug-likeness (QED) is 0.541. The van der Waals surface area contributed by atoms with Crippen LogP contribution in [0.25, 0.3) is 11.0 Å². The fourth-order valence-corrected chi connectivity index (χ4v) is 2.28. The number of ether oxygens (including phenoxy) is 2. The van der Waals surface area contributed by atoms with Crippen LogP contribution in [0.1, 0.15) is 27.6 Å². The van der Waals surface area contributed by atoms with E-state index in [9.17, 15) is 9.59 Å². The summed E-state index contributed by atoms with van der Waals surface area (Å²) in [6.45, 7) is 2.67. The van der Waals surface area contributed by atoms with Crippen molar-refractivity contribution in [3.8, 4) is 5.75 Å². The molecule has 0 saturated heterocycles. The van der Waals surface area contributed by atoms with Gasteiger partial charge in [-0.2, -0.15) is 0 Å². The molecule has 122 valence electrons. The van der Waals surface area contributed by atoms with Crippen LogP contribution in [0.15, 0.2) is 42.5 Å². The molecule has 3 aromatic rings. The smallest absolute Gasteiger partial charge is 0.343 e. The Morgan fingerprint density at radius 3 is 2.42 bits per heavy atom. The summed E-state index contributed by atoms with van der Waals surface area (Å²) in [4.78, 5) is 23.6. The fourth-order valence-electron chi connectivity index (χ4n) is 2.28. The third kappa shape index (κ3) is 2.96. The molecule has 24 heavy (non-hydrogen) atoms. The second-order valence-corrected chi connectivity index (χ2v) is 5.01. The van der Waals surface area contributed by atoms with Gasteiger partial charge >= 0.3 is 11.9 Å². The molecule has 0 saturated carbocycles. The molecule has 0 bridgehead atoms. The molecule has 1 heterocycles. The summed E-state index contributed by atoms with van der Waals surface area (Å²) >= 11 is 0. The van der Waals surface area contributed by atoms with Crippen molar-refractivity contribution in [1.82, 2.24) is 15.0 Å². The van der Waals surface area contributed by atoms with Crippen molar-refractivity contribution in [2.75, 3.05) is 7.11 Å². The van der Waals surface area contributed by atoms with E-state index in [2.05, 4.69) is 15.0 Å². The van der Waals surface area contributed by atoms with Gasteiger partial charge in [0.25, 0.3) is 0 Å². The van der Waals surface area contributed by atoms with Crippen molar-refractivity contribution in [2.24, 2.45) is 0 Å². The van der Waals surface area contributed by atoms with Crippen LogP contribution >= 0.6 is 0 Å². The van der Waals surface area contributed by atoms with Crippen molar-refractivity contribution in [2.45, 2.75) is 13.5 Å². The molecule has 0 amide bonds. The maximum absolute atomic E-state index is 12.2. The van der Waals surface area contributed by atoms with Gasteiger partial charge in [0.15, 0.2) is 0 Å². The van der Waals surface area contributed by atoms with Crippen LogP contribution < -0.4 is 4.74 Å². The number of fused-ring (bicyclic) bond motifs is 1. The first-order chi connectivity index (χ1) is 11.6. The Labute approximate surface area is 137 Å². The molecule has 3 rings (SSSR count). The standard InChI is InChI=1S/C17H15N3O4/c1-3-20-15-9-6-12(10-14(15)18-19-20)17(22)24-13-7-4-11(5-8-13)16(21)23-2/h4-10H,3H2,1-2H3. The zero-order valence-electron chi connectivity index (χ0n) is 13.2. The summed E-state index contributed by atoms with van der Waals surface area (Å²) in [6, 6.07) is 11.2. The number of benzene rings is 2. The first-order valence-corrected chi connectivity index (χ1v) is 7.36. The van der Waals surface area contributed by atoms with E-state index in [0.717, 1.165) is 5.52 Å². The Hall–Kier alpha value is -3.22. The van der Waals surface area contributed by atoms with E-state index in [-0.39, 0.29) is 0 Å². The molecule has 0 atom stereocenters. The van der Waals surface area contributed by atoms with Gasteiger partial charge in [-0.3, -0.25) is 0 Å². The SMILES string of the molecule is CCn1nnc2cc(C(=O)Oc3ccc(C(=O)OC)cc3)ccc21. The molecule has 0 aliphatic heterocycles. The van der Waals surface area contributed by atoms with Gasteiger partial charge in [0.2, 0.25) is 0 Å². The van der Waals surface area contributed by atoms with Gasteiger partial charge in [0.1, 0.15) is 11.3 Å². The number of aryl methyl sites for hydroxylation is 1. The van der Waals surface area contributed by atoms with Crippen molar-refractivity contribution < 1.29 is 19.1 Å². The highest BCUT2D eigenvalue weighted by atomic mass is 16.5. The average Bonchev–Trinajstić information content (AvgIpc) is 3.04. The Morgan fingerprint density at radius 1 is 1.04 bits per heavy atom. The predicted octanol–water partition coefficient (Wildman–Crippen LogP) is 2.46. The molecule has 0 N–H and O–H groups in total. The molecule has 0 spiro atoms. The fraction of sp³-hybridized carbons (Fsp3) is 0.176. The molecule has 0 radical (unpaired) electrons. The lowest BCUT2D eigenvalue weighted by molar-refractivity contribution is 0.0600. The van der Waals surface area contributed by atoms with Crippen LogP contribution in [0.2, 0.25) is 0 Å². The van der Waals surface area contributed by atoms with Crippen LogP contribution in [0, 0.1) is 0 Å². The highest BCUT2D eigenvalue weighted by molar-refractivity contribution is 5.95. The number of methoxy groups -OCH3 is 1. The Balaban J connectivity index is 1.78. The summed E-state index contributed by atoms with van der Waals surface area (Å²) in [5.74, 6) is -0.615. The number of hydrogen-bond acceptors (Lipinski definition) is 6. The van der Waals surface area contributed by atoms with Crippen LogP contribution in [0.5, 0.6) is 5.75 Å². The Bertz CT molecular complexity index is 900. The molecule has 1 aromatic heterocycles. The largest absolute Gasteiger partial charge is 0.465 e. The Kier molecular flexibility index (Phi) is 4.24. The molecular weight excluding hydrogens is 310 g/mol. The van der Waals surface area contributed by atoms with Gasteiger partial charge in [0, 0.05) is 6.54 Å². The van der Waals surface area contributed by atoms with Gasteiger partial charge in [-0.25, -0.2) is 14.3 Å². The molecule has 7 heteroatoms. The summed E-state index contributed by atoms with van der Waals surface area (Å²) in [6.07, 6.45) is 0. The monoisotopic (exact) mass is 325 g/mol. The molecule has 0 aliphatic carbocycles. The van der Waals surface area contributed by atoms with Gasteiger partial charge in [-0.05, 0) is 49.4 Å². The minimum atomic E-state index is -0.506. The number of esters is 2. The highest BCUT2D eigenvalue weighted by Gasteiger charge is 2.12. The first kappa shape index (κ1) is 15.7. The lowest BCUT2D eigenvalue weighted by Gasteiger charge is -2.05. The number of carbonyl (C=O) groups excluding carboxylic acids is 2. The maximum atomic E-state index is 12.2.